The molecule has 0 bridgehead atoms. The minimum absolute atomic E-state index is 0.0342. The molecule has 5 N–H and O–H groups in total. The smallest absolute Gasteiger partial charge is 0.371 e. The number of halogens is 2. The summed E-state index contributed by atoms with van der Waals surface area (Å²) in [5, 5.41) is 10.6. The molecule has 0 aliphatic rings. The first kappa shape index (κ1) is 33.0. The number of fused-ring (bicyclic) bond motifs is 2. The monoisotopic (exact) mass is 690 g/mol. The van der Waals surface area contributed by atoms with Gasteiger partial charge in [0.25, 0.3) is 0 Å². The van der Waals surface area contributed by atoms with Gasteiger partial charge >= 0.3 is 5.97 Å². The van der Waals surface area contributed by atoms with Gasteiger partial charge in [-0.05, 0) is 66.9 Å². The number of pyridine rings is 1. The number of thiophene rings is 1. The molecule has 0 aliphatic heterocycles. The van der Waals surface area contributed by atoms with Crippen molar-refractivity contribution >= 4 is 87.5 Å². The van der Waals surface area contributed by atoms with Crippen molar-refractivity contribution in [3.63, 3.8) is 0 Å². The maximum Gasteiger partial charge on any atom is 0.371 e. The highest BCUT2D eigenvalue weighted by atomic mass is 79.9. The molecule has 0 spiro atoms. The van der Waals surface area contributed by atoms with E-state index in [9.17, 15) is 9.59 Å². The second-order valence-electron chi connectivity index (χ2n) is 9.03. The number of nitrogens with two attached hydrogens (primary N) is 2. The minimum Gasteiger partial charge on any atom is -0.475 e. The first-order chi connectivity index (χ1) is 18.8. The maximum atomic E-state index is 11.1. The summed E-state index contributed by atoms with van der Waals surface area (Å²) in [6.45, 7) is 5.49. The highest BCUT2D eigenvalue weighted by Crippen LogP contribution is 2.28. The molecule has 0 radical (unpaired) electrons. The van der Waals surface area contributed by atoms with Gasteiger partial charge in [-0.3, -0.25) is 4.79 Å². The van der Waals surface area contributed by atoms with Crippen LogP contribution in [0.1, 0.15) is 41.0 Å². The van der Waals surface area contributed by atoms with Crippen molar-refractivity contribution in [1.29, 1.82) is 0 Å². The van der Waals surface area contributed by atoms with Gasteiger partial charge in [-0.1, -0.05) is 51.8 Å². The van der Waals surface area contributed by atoms with Crippen LogP contribution in [0.5, 0.6) is 0 Å². The van der Waals surface area contributed by atoms with Gasteiger partial charge in [0.15, 0.2) is 5.78 Å². The largest absolute Gasteiger partial charge is 0.475 e. The average molecular weight is 692 g/mol. The first-order valence-electron chi connectivity index (χ1n) is 12.0. The van der Waals surface area contributed by atoms with Crippen LogP contribution in [0.25, 0.3) is 21.1 Å². The van der Waals surface area contributed by atoms with Gasteiger partial charge in [0, 0.05) is 51.1 Å². The molecule has 3 heterocycles. The number of furan rings is 1. The van der Waals surface area contributed by atoms with E-state index in [2.05, 4.69) is 36.8 Å². The second-order valence-corrected chi connectivity index (χ2v) is 11.9. The molecule has 8 nitrogen and oxygen atoms in total. The maximum absolute atomic E-state index is 11.1. The third-order valence-corrected chi connectivity index (χ3v) is 6.93. The number of hydrogen-bond donors (Lipinski definition) is 3. The van der Waals surface area contributed by atoms with E-state index in [-0.39, 0.29) is 11.5 Å². The van der Waals surface area contributed by atoms with Gasteiger partial charge < -0.3 is 25.9 Å². The number of carbonyl (C=O) groups is 2. The summed E-state index contributed by atoms with van der Waals surface area (Å²) in [4.78, 5) is 28.5. The number of benzene rings is 2. The number of nitrogens with zero attached hydrogens (tertiary/aromatic N) is 2. The van der Waals surface area contributed by atoms with Crippen LogP contribution >= 0.6 is 43.2 Å². The summed E-state index contributed by atoms with van der Waals surface area (Å²) in [6, 6.07) is 18.8. The van der Waals surface area contributed by atoms with Crippen molar-refractivity contribution in [3.05, 3.63) is 86.4 Å². The van der Waals surface area contributed by atoms with E-state index in [1.165, 1.54) is 17.4 Å². The van der Waals surface area contributed by atoms with Crippen LogP contribution in [-0.4, -0.2) is 42.0 Å². The molecule has 2 aromatic carbocycles. The van der Waals surface area contributed by atoms with Crippen LogP contribution in [0.3, 0.4) is 0 Å². The molecule has 0 aliphatic carbocycles. The molecule has 11 heteroatoms. The SMILES string of the molecule is CC(=O)c1cc2ccc(Br)cc2s1.CC(C)N.CN(C)c1cc(N)ccn1.O=C(O)c1cc2ccc(Br)cc2o1. The number of aromatic nitrogens is 1. The second kappa shape index (κ2) is 15.5. The average Bonchev–Trinajstić information content (AvgIpc) is 3.48. The van der Waals surface area contributed by atoms with E-state index < -0.39 is 5.97 Å². The number of Topliss-reactive ketones (excluding diaryl/α,β-unsaturated/α-hetero) is 1. The van der Waals surface area contributed by atoms with Gasteiger partial charge in [-0.15, -0.1) is 11.3 Å². The molecule has 0 saturated carbocycles. The van der Waals surface area contributed by atoms with Gasteiger partial charge in [0.2, 0.25) is 5.76 Å². The fraction of sp³-hybridized carbons (Fsp3) is 0.207. The Morgan fingerprint density at radius 2 is 1.57 bits per heavy atom. The molecule has 5 rings (SSSR count). The molecule has 0 fully saturated rings. The number of hydrogen-bond acceptors (Lipinski definition) is 8. The lowest BCUT2D eigenvalue weighted by Gasteiger charge is -2.10. The molecule has 212 valence electrons. The molecule has 0 saturated heterocycles. The van der Waals surface area contributed by atoms with Crippen LogP contribution in [0, 0.1) is 0 Å². The number of carboxylic acids is 1. The van der Waals surface area contributed by atoms with E-state index in [0.29, 0.717) is 11.6 Å². The summed E-state index contributed by atoms with van der Waals surface area (Å²) < 4.78 is 8.15. The highest BCUT2D eigenvalue weighted by molar-refractivity contribution is 9.10. The van der Waals surface area contributed by atoms with Crippen LogP contribution in [0.4, 0.5) is 11.5 Å². The Morgan fingerprint density at radius 1 is 0.975 bits per heavy atom. The number of aromatic carboxylic acids is 1. The Kier molecular flexibility index (Phi) is 12.8. The summed E-state index contributed by atoms with van der Waals surface area (Å²) in [5.74, 6) is -0.0576. The van der Waals surface area contributed by atoms with Crippen molar-refractivity contribution in [2.75, 3.05) is 24.7 Å². The zero-order chi connectivity index (χ0) is 30.0. The normalized spacial score (nSPS) is 10.1. The Bertz CT molecular complexity index is 1490. The minimum atomic E-state index is -1.05. The fourth-order valence-electron chi connectivity index (χ4n) is 2.97. The van der Waals surface area contributed by atoms with Gasteiger partial charge in [0.05, 0.1) is 4.88 Å². The van der Waals surface area contributed by atoms with E-state index in [1.54, 1.807) is 31.3 Å². The number of anilines is 2. The third kappa shape index (κ3) is 10.7. The molecule has 5 aromatic rings. The van der Waals surface area contributed by atoms with E-state index >= 15 is 0 Å². The summed E-state index contributed by atoms with van der Waals surface area (Å²) in [7, 11) is 3.86. The van der Waals surface area contributed by atoms with Crippen LogP contribution < -0.4 is 16.4 Å². The molecular formula is C29H32Br2N4O4S. The fourth-order valence-corrected chi connectivity index (χ4v) is 4.82. The van der Waals surface area contributed by atoms with Gasteiger partial charge in [0.1, 0.15) is 11.4 Å². The lowest BCUT2D eigenvalue weighted by Crippen LogP contribution is -2.10. The number of ketones is 1. The zero-order valence-corrected chi connectivity index (χ0v) is 26.8. The highest BCUT2D eigenvalue weighted by Gasteiger charge is 2.10. The molecular weight excluding hydrogens is 660 g/mol. The Morgan fingerprint density at radius 3 is 2.10 bits per heavy atom. The van der Waals surface area contributed by atoms with Crippen molar-refractivity contribution in [2.24, 2.45) is 5.73 Å². The summed E-state index contributed by atoms with van der Waals surface area (Å²) in [5.41, 5.74) is 12.0. The summed E-state index contributed by atoms with van der Waals surface area (Å²) in [6.07, 6.45) is 1.70. The topological polar surface area (TPSA) is 136 Å². The number of carbonyl (C=O) groups excluding carboxylic acids is 1. The number of carboxylic acid groups (broad SMARTS) is 1. The van der Waals surface area contributed by atoms with Crippen LogP contribution in [0.2, 0.25) is 0 Å². The Balaban J connectivity index is 0.000000199. The van der Waals surface area contributed by atoms with E-state index in [1.807, 2.05) is 69.2 Å². The Labute approximate surface area is 254 Å². The van der Waals surface area contributed by atoms with Crippen molar-refractivity contribution in [2.45, 2.75) is 26.8 Å². The Hall–Kier alpha value is -3.25. The molecule has 40 heavy (non-hydrogen) atoms. The lowest BCUT2D eigenvalue weighted by molar-refractivity contribution is 0.0664. The van der Waals surface area contributed by atoms with Gasteiger partial charge in [-0.2, -0.15) is 0 Å². The first-order valence-corrected chi connectivity index (χ1v) is 14.4. The summed E-state index contributed by atoms with van der Waals surface area (Å²) >= 11 is 8.21. The molecule has 0 amide bonds. The number of rotatable bonds is 3. The van der Waals surface area contributed by atoms with Crippen LogP contribution in [0.15, 0.2) is 80.2 Å². The predicted octanol–water partition coefficient (Wildman–Crippen LogP) is 7.84. The van der Waals surface area contributed by atoms with E-state index in [4.69, 9.17) is 21.0 Å². The molecule has 3 aromatic heterocycles. The van der Waals surface area contributed by atoms with Crippen LogP contribution in [-0.2, 0) is 0 Å². The predicted molar refractivity (Wildman–Crippen MR) is 173 cm³/mol. The standard InChI is InChI=1S/C10H7BrOS.C9H5BrO3.C7H11N3.C3H9N/c1-6(12)9-4-7-2-3-8(11)5-10(7)13-9;10-6-2-1-5-3-8(9(11)12)13-7(5)4-6;1-10(2)7-5-6(8)3-4-9-7;1-3(2)4/h2-5H,1H3;1-4H,(H,11,12);3-5H,1-2H3,(H2,8,9);3H,4H2,1-2H3. The van der Waals surface area contributed by atoms with Crippen molar-refractivity contribution < 1.29 is 19.1 Å². The van der Waals surface area contributed by atoms with Crippen molar-refractivity contribution in [1.82, 2.24) is 4.98 Å². The zero-order valence-electron chi connectivity index (χ0n) is 22.8. The van der Waals surface area contributed by atoms with E-state index in [0.717, 1.165) is 40.8 Å². The molecule has 0 unspecified atom stereocenters. The van der Waals surface area contributed by atoms with Crippen molar-refractivity contribution in [3.8, 4) is 0 Å². The number of nitrogen functional groups attached to an aromatic ring is 1. The third-order valence-electron chi connectivity index (χ3n) is 4.75. The lowest BCUT2D eigenvalue weighted by atomic mass is 10.2. The quantitative estimate of drug-likeness (QED) is 0.163. The van der Waals surface area contributed by atoms with Gasteiger partial charge in [-0.25, -0.2) is 9.78 Å². The molecule has 0 atom stereocenters.